The number of hydrogen-bond acceptors (Lipinski definition) is 4. The van der Waals surface area contributed by atoms with Crippen molar-refractivity contribution < 1.29 is 23.5 Å². The molecule has 1 N–H and O–H groups in total. The molecular formula is C15H20BFO4. The average molecular weight is 294 g/mol. The van der Waals surface area contributed by atoms with Crippen LogP contribution in [0.5, 0.6) is 11.5 Å². The molecule has 0 saturated carbocycles. The van der Waals surface area contributed by atoms with Crippen LogP contribution in [-0.4, -0.2) is 30.5 Å². The molecule has 114 valence electrons. The van der Waals surface area contributed by atoms with Gasteiger partial charge in [0.05, 0.1) is 18.3 Å². The SMILES string of the molecule is COc1cccc(C=C(F)B2OC(C)(C)C(C)(C)O2)c1O. The second-order valence-electron chi connectivity index (χ2n) is 6.02. The van der Waals surface area contributed by atoms with Crippen LogP contribution in [0.15, 0.2) is 23.9 Å². The number of methoxy groups -OCH3 is 1. The zero-order valence-corrected chi connectivity index (χ0v) is 12.9. The first-order valence-corrected chi connectivity index (χ1v) is 6.76. The summed E-state index contributed by atoms with van der Waals surface area (Å²) in [6.45, 7) is 7.40. The normalized spacial score (nSPS) is 20.7. The van der Waals surface area contributed by atoms with Gasteiger partial charge in [-0.2, -0.15) is 0 Å². The van der Waals surface area contributed by atoms with Gasteiger partial charge in [0.25, 0.3) is 0 Å². The number of phenols is 1. The second kappa shape index (κ2) is 5.35. The van der Waals surface area contributed by atoms with Crippen LogP contribution in [0, 0.1) is 0 Å². The van der Waals surface area contributed by atoms with Gasteiger partial charge in [-0.25, -0.2) is 4.39 Å². The van der Waals surface area contributed by atoms with E-state index in [0.29, 0.717) is 5.56 Å². The summed E-state index contributed by atoms with van der Waals surface area (Å²) in [6.07, 6.45) is 1.19. The lowest BCUT2D eigenvalue weighted by atomic mass is 9.86. The maximum absolute atomic E-state index is 14.4. The lowest BCUT2D eigenvalue weighted by molar-refractivity contribution is 0.00578. The van der Waals surface area contributed by atoms with Crippen LogP contribution < -0.4 is 4.74 Å². The molecule has 1 aromatic carbocycles. The van der Waals surface area contributed by atoms with E-state index in [2.05, 4.69) is 0 Å². The summed E-state index contributed by atoms with van der Waals surface area (Å²) in [4.78, 5) is 0. The molecule has 0 spiro atoms. The fourth-order valence-corrected chi connectivity index (χ4v) is 1.99. The van der Waals surface area contributed by atoms with Crippen LogP contribution in [0.3, 0.4) is 0 Å². The highest BCUT2D eigenvalue weighted by Crippen LogP contribution is 2.39. The van der Waals surface area contributed by atoms with Crippen LogP contribution in [0.2, 0.25) is 0 Å². The van der Waals surface area contributed by atoms with Gasteiger partial charge in [0, 0.05) is 5.56 Å². The van der Waals surface area contributed by atoms with E-state index in [9.17, 15) is 9.50 Å². The lowest BCUT2D eigenvalue weighted by Crippen LogP contribution is -2.41. The molecule has 21 heavy (non-hydrogen) atoms. The van der Waals surface area contributed by atoms with E-state index < -0.39 is 24.0 Å². The first-order valence-electron chi connectivity index (χ1n) is 6.76. The molecule has 0 radical (unpaired) electrons. The van der Waals surface area contributed by atoms with Gasteiger partial charge in [-0.15, -0.1) is 0 Å². The first-order chi connectivity index (χ1) is 9.68. The third-order valence-electron chi connectivity index (χ3n) is 4.02. The smallest absolute Gasteiger partial charge is 0.504 e. The van der Waals surface area contributed by atoms with E-state index >= 15 is 0 Å². The Morgan fingerprint density at radius 1 is 1.24 bits per heavy atom. The molecule has 1 aliphatic heterocycles. The molecule has 6 heteroatoms. The Labute approximate surface area is 124 Å². The van der Waals surface area contributed by atoms with E-state index in [1.165, 1.54) is 13.2 Å². The molecule has 1 heterocycles. The zero-order chi connectivity index (χ0) is 15.8. The number of aromatic hydroxyl groups is 1. The van der Waals surface area contributed by atoms with Gasteiger partial charge in [-0.05, 0) is 39.8 Å². The topological polar surface area (TPSA) is 47.9 Å². The predicted octanol–water partition coefficient (Wildman–Crippen LogP) is 3.34. The van der Waals surface area contributed by atoms with Crippen LogP contribution in [-0.2, 0) is 9.31 Å². The summed E-state index contributed by atoms with van der Waals surface area (Å²) in [5.74, 6) is 0.164. The molecule has 2 rings (SSSR count). The van der Waals surface area contributed by atoms with Gasteiger partial charge >= 0.3 is 7.12 Å². The molecule has 1 fully saturated rings. The number of ether oxygens (including phenoxy) is 1. The number of para-hydroxylation sites is 1. The summed E-state index contributed by atoms with van der Waals surface area (Å²) in [5.41, 5.74) is -1.52. The molecule has 0 aliphatic carbocycles. The molecule has 0 bridgehead atoms. The molecule has 1 saturated heterocycles. The van der Waals surface area contributed by atoms with Gasteiger partial charge in [-0.3, -0.25) is 0 Å². The summed E-state index contributed by atoms with van der Waals surface area (Å²) in [5, 5.41) is 9.97. The molecule has 0 amide bonds. The largest absolute Gasteiger partial charge is 0.525 e. The molecule has 0 atom stereocenters. The van der Waals surface area contributed by atoms with E-state index in [-0.39, 0.29) is 11.5 Å². The minimum absolute atomic E-state index is 0.119. The highest BCUT2D eigenvalue weighted by atomic mass is 19.1. The van der Waals surface area contributed by atoms with Gasteiger partial charge in [-0.1, -0.05) is 12.1 Å². The number of hydrogen-bond donors (Lipinski definition) is 1. The molecule has 0 aromatic heterocycles. The highest BCUT2D eigenvalue weighted by molar-refractivity contribution is 6.54. The first kappa shape index (κ1) is 15.9. The predicted molar refractivity (Wildman–Crippen MR) is 79.8 cm³/mol. The van der Waals surface area contributed by atoms with Crippen molar-refractivity contribution in [3.8, 4) is 11.5 Å². The molecule has 1 aromatic rings. The summed E-state index contributed by atoms with van der Waals surface area (Å²) >= 11 is 0. The standard InChI is InChI=1S/C15H20BFO4/c1-14(2)15(3,4)21-16(20-14)12(17)9-10-7-6-8-11(19-5)13(10)18/h6-9,18H,1-5H3. The quantitative estimate of drug-likeness (QED) is 0.869. The maximum atomic E-state index is 14.4. The van der Waals surface area contributed by atoms with Crippen molar-refractivity contribution in [2.45, 2.75) is 38.9 Å². The fraction of sp³-hybridized carbons (Fsp3) is 0.467. The summed E-state index contributed by atoms with van der Waals surface area (Å²) in [7, 11) is 0.355. The second-order valence-corrected chi connectivity index (χ2v) is 6.02. The van der Waals surface area contributed by atoms with Crippen LogP contribution in [0.25, 0.3) is 6.08 Å². The monoisotopic (exact) mass is 294 g/mol. The molecule has 1 aliphatic rings. The highest BCUT2D eigenvalue weighted by Gasteiger charge is 2.53. The fourth-order valence-electron chi connectivity index (χ4n) is 1.99. The maximum Gasteiger partial charge on any atom is 0.525 e. The van der Waals surface area contributed by atoms with E-state index in [0.717, 1.165) is 0 Å². The Bertz CT molecular complexity index is 553. The lowest BCUT2D eigenvalue weighted by Gasteiger charge is -2.32. The Hall–Kier alpha value is -1.53. The van der Waals surface area contributed by atoms with Gasteiger partial charge in [0.1, 0.15) is 5.73 Å². The molecule has 4 nitrogen and oxygen atoms in total. The number of phenolic OH excluding ortho intramolecular Hbond substituents is 1. The zero-order valence-electron chi connectivity index (χ0n) is 12.9. The van der Waals surface area contributed by atoms with Gasteiger partial charge < -0.3 is 19.2 Å². The Morgan fingerprint density at radius 2 is 1.81 bits per heavy atom. The third-order valence-corrected chi connectivity index (χ3v) is 4.02. The minimum atomic E-state index is -1.08. The summed E-state index contributed by atoms with van der Waals surface area (Å²) in [6, 6.07) is 4.85. The Morgan fingerprint density at radius 3 is 2.33 bits per heavy atom. The molecular weight excluding hydrogens is 274 g/mol. The van der Waals surface area contributed by atoms with Gasteiger partial charge in [0.15, 0.2) is 11.5 Å². The molecule has 0 unspecified atom stereocenters. The third kappa shape index (κ3) is 2.92. The van der Waals surface area contributed by atoms with E-state index in [1.54, 1.807) is 18.2 Å². The Balaban J connectivity index is 2.27. The van der Waals surface area contributed by atoms with E-state index in [4.69, 9.17) is 14.0 Å². The van der Waals surface area contributed by atoms with Crippen molar-refractivity contribution in [3.05, 3.63) is 29.5 Å². The van der Waals surface area contributed by atoms with Crippen molar-refractivity contribution in [1.82, 2.24) is 0 Å². The van der Waals surface area contributed by atoms with Crippen LogP contribution in [0.1, 0.15) is 33.3 Å². The van der Waals surface area contributed by atoms with Gasteiger partial charge in [0.2, 0.25) is 0 Å². The summed E-state index contributed by atoms with van der Waals surface area (Å²) < 4.78 is 30.6. The van der Waals surface area contributed by atoms with Crippen molar-refractivity contribution in [2.24, 2.45) is 0 Å². The van der Waals surface area contributed by atoms with Crippen molar-refractivity contribution >= 4 is 13.2 Å². The number of rotatable bonds is 3. The van der Waals surface area contributed by atoms with Crippen LogP contribution in [0.4, 0.5) is 4.39 Å². The van der Waals surface area contributed by atoms with Crippen molar-refractivity contribution in [2.75, 3.05) is 7.11 Å². The van der Waals surface area contributed by atoms with E-state index in [1.807, 2.05) is 27.7 Å². The minimum Gasteiger partial charge on any atom is -0.504 e. The van der Waals surface area contributed by atoms with Crippen molar-refractivity contribution in [3.63, 3.8) is 0 Å². The van der Waals surface area contributed by atoms with Crippen molar-refractivity contribution in [1.29, 1.82) is 0 Å². The Kier molecular flexibility index (Phi) is 4.04. The van der Waals surface area contributed by atoms with Crippen LogP contribution >= 0.6 is 0 Å². The number of benzene rings is 1. The average Bonchev–Trinajstić information content (AvgIpc) is 2.61. The number of halogens is 1.